The SMILES string of the molecule is CN1CCN(c2nc(-c3cccc(NC(=O)c4c(F)cccc4F)c3)c(-c3ccnc(Cl)n3)s2)CC1. The van der Waals surface area contributed by atoms with Crippen molar-refractivity contribution in [3.63, 3.8) is 0 Å². The molecule has 2 aromatic carbocycles. The van der Waals surface area contributed by atoms with E-state index in [1.54, 1.807) is 30.5 Å². The van der Waals surface area contributed by atoms with Crippen LogP contribution < -0.4 is 10.2 Å². The zero-order chi connectivity index (χ0) is 25.2. The third kappa shape index (κ3) is 5.06. The minimum absolute atomic E-state index is 0.126. The molecule has 5 rings (SSSR count). The van der Waals surface area contributed by atoms with Gasteiger partial charge in [-0.15, -0.1) is 0 Å². The van der Waals surface area contributed by atoms with Crippen molar-refractivity contribution < 1.29 is 13.6 Å². The van der Waals surface area contributed by atoms with Gasteiger partial charge in [0.15, 0.2) is 5.13 Å². The van der Waals surface area contributed by atoms with Crippen molar-refractivity contribution >= 4 is 39.7 Å². The van der Waals surface area contributed by atoms with Crippen LogP contribution in [0.25, 0.3) is 21.8 Å². The van der Waals surface area contributed by atoms with E-state index in [0.717, 1.165) is 48.3 Å². The molecule has 7 nitrogen and oxygen atoms in total. The normalized spacial score (nSPS) is 14.2. The van der Waals surface area contributed by atoms with Gasteiger partial charge in [0, 0.05) is 43.6 Å². The van der Waals surface area contributed by atoms with Crippen LogP contribution in [0.2, 0.25) is 5.28 Å². The fourth-order valence-corrected chi connectivity index (χ4v) is 5.18. The number of hydrogen-bond donors (Lipinski definition) is 1. The molecule has 2 aromatic heterocycles. The monoisotopic (exact) mass is 526 g/mol. The lowest BCUT2D eigenvalue weighted by molar-refractivity contribution is 0.101. The van der Waals surface area contributed by atoms with Gasteiger partial charge in [0.05, 0.1) is 16.3 Å². The topological polar surface area (TPSA) is 74.2 Å². The van der Waals surface area contributed by atoms with Gasteiger partial charge < -0.3 is 15.1 Å². The molecule has 1 aliphatic heterocycles. The van der Waals surface area contributed by atoms with Crippen molar-refractivity contribution in [3.8, 4) is 21.8 Å². The Bertz CT molecular complexity index is 1400. The molecule has 0 aliphatic carbocycles. The molecule has 36 heavy (non-hydrogen) atoms. The third-order valence-corrected chi connectivity index (χ3v) is 7.15. The number of nitrogens with one attached hydrogen (secondary N) is 1. The third-order valence-electron chi connectivity index (χ3n) is 5.83. The van der Waals surface area contributed by atoms with Crippen molar-refractivity contribution in [2.24, 2.45) is 0 Å². The maximum Gasteiger partial charge on any atom is 0.261 e. The minimum atomic E-state index is -0.928. The number of rotatable bonds is 5. The first-order valence-electron chi connectivity index (χ1n) is 11.2. The predicted molar refractivity (Wildman–Crippen MR) is 138 cm³/mol. The maximum atomic E-state index is 14.1. The van der Waals surface area contributed by atoms with E-state index in [9.17, 15) is 13.6 Å². The first-order chi connectivity index (χ1) is 17.4. The van der Waals surface area contributed by atoms with Gasteiger partial charge in [0.2, 0.25) is 5.28 Å². The van der Waals surface area contributed by atoms with Crippen LogP contribution in [0.3, 0.4) is 0 Å². The summed E-state index contributed by atoms with van der Waals surface area (Å²) in [4.78, 5) is 31.2. The molecule has 184 valence electrons. The lowest BCUT2D eigenvalue weighted by Gasteiger charge is -2.32. The van der Waals surface area contributed by atoms with E-state index in [2.05, 4.69) is 32.1 Å². The Hall–Kier alpha value is -3.47. The van der Waals surface area contributed by atoms with E-state index < -0.39 is 23.1 Å². The lowest BCUT2D eigenvalue weighted by atomic mass is 10.1. The number of nitrogens with zero attached hydrogens (tertiary/aromatic N) is 5. The maximum absolute atomic E-state index is 14.1. The van der Waals surface area contributed by atoms with E-state index in [0.29, 0.717) is 22.6 Å². The number of halogens is 3. The number of thiazole rings is 1. The van der Waals surface area contributed by atoms with Crippen LogP contribution in [-0.4, -0.2) is 59.0 Å². The number of carbonyl (C=O) groups excluding carboxylic acids is 1. The second-order valence-corrected chi connectivity index (χ2v) is 9.62. The highest BCUT2D eigenvalue weighted by Gasteiger charge is 2.23. The summed E-state index contributed by atoms with van der Waals surface area (Å²) in [6.45, 7) is 3.55. The average Bonchev–Trinajstić information content (AvgIpc) is 3.30. The number of carbonyl (C=O) groups is 1. The lowest BCUT2D eigenvalue weighted by Crippen LogP contribution is -2.44. The molecule has 1 fully saturated rings. The molecule has 0 spiro atoms. The van der Waals surface area contributed by atoms with Crippen LogP contribution in [0.4, 0.5) is 19.6 Å². The highest BCUT2D eigenvalue weighted by molar-refractivity contribution is 7.19. The highest BCUT2D eigenvalue weighted by atomic mass is 35.5. The van der Waals surface area contributed by atoms with Gasteiger partial charge in [0.25, 0.3) is 5.91 Å². The smallest absolute Gasteiger partial charge is 0.261 e. The van der Waals surface area contributed by atoms with E-state index in [1.165, 1.54) is 17.4 Å². The quantitative estimate of drug-likeness (QED) is 0.360. The number of hydrogen-bond acceptors (Lipinski definition) is 7. The molecule has 11 heteroatoms. The summed E-state index contributed by atoms with van der Waals surface area (Å²) in [6, 6.07) is 12.0. The molecule has 1 amide bonds. The van der Waals surface area contributed by atoms with Crippen molar-refractivity contribution in [1.82, 2.24) is 19.9 Å². The molecule has 0 atom stereocenters. The number of anilines is 2. The summed E-state index contributed by atoms with van der Waals surface area (Å²) in [5.74, 6) is -2.73. The number of amides is 1. The first kappa shape index (κ1) is 24.2. The van der Waals surface area contributed by atoms with Crippen molar-refractivity contribution in [3.05, 3.63) is 77.2 Å². The van der Waals surface area contributed by atoms with Gasteiger partial charge in [-0.05, 0) is 49.0 Å². The van der Waals surface area contributed by atoms with Gasteiger partial charge >= 0.3 is 0 Å². The summed E-state index contributed by atoms with van der Waals surface area (Å²) in [7, 11) is 2.09. The van der Waals surface area contributed by atoms with Crippen molar-refractivity contribution in [1.29, 1.82) is 0 Å². The molecule has 0 saturated carbocycles. The Morgan fingerprint density at radius 3 is 2.47 bits per heavy atom. The minimum Gasteiger partial charge on any atom is -0.345 e. The predicted octanol–water partition coefficient (Wildman–Crippen LogP) is 5.20. The molecular formula is C25H21ClF2N6OS. The van der Waals surface area contributed by atoms with Crippen LogP contribution in [0, 0.1) is 11.6 Å². The number of piperazine rings is 1. The number of benzene rings is 2. The molecule has 0 bridgehead atoms. The Kier molecular flexibility index (Phi) is 6.90. The summed E-state index contributed by atoms with van der Waals surface area (Å²) in [5.41, 5.74) is 1.75. The van der Waals surface area contributed by atoms with E-state index >= 15 is 0 Å². The zero-order valence-electron chi connectivity index (χ0n) is 19.2. The number of likely N-dealkylation sites (N-methyl/N-ethyl adjacent to an activating group) is 1. The molecule has 3 heterocycles. The molecule has 1 saturated heterocycles. The molecule has 1 N–H and O–H groups in total. The fourth-order valence-electron chi connectivity index (χ4n) is 3.93. The van der Waals surface area contributed by atoms with Gasteiger partial charge in [-0.25, -0.2) is 23.7 Å². The van der Waals surface area contributed by atoms with Crippen LogP contribution in [-0.2, 0) is 0 Å². The molecule has 0 radical (unpaired) electrons. The van der Waals surface area contributed by atoms with Crippen LogP contribution in [0.1, 0.15) is 10.4 Å². The van der Waals surface area contributed by atoms with E-state index in [-0.39, 0.29) is 5.28 Å². The molecule has 1 aliphatic rings. The first-order valence-corrected chi connectivity index (χ1v) is 12.4. The standard InChI is InChI=1S/C25H21ClF2N6OS/c1-33-10-12-34(13-11-33)25-32-21(22(36-25)19-8-9-29-24(26)31-19)15-4-2-5-16(14-15)30-23(35)20-17(27)6-3-7-18(20)28/h2-9,14H,10-13H2,1H3,(H,30,35). The Labute approximate surface area is 215 Å². The summed E-state index contributed by atoms with van der Waals surface area (Å²) >= 11 is 7.57. The number of aromatic nitrogens is 3. The second kappa shape index (κ2) is 10.3. The molecular weight excluding hydrogens is 506 g/mol. The van der Waals surface area contributed by atoms with Crippen LogP contribution >= 0.6 is 22.9 Å². The highest BCUT2D eigenvalue weighted by Crippen LogP contribution is 2.40. The van der Waals surface area contributed by atoms with Gasteiger partial charge in [-0.2, -0.15) is 0 Å². The van der Waals surface area contributed by atoms with E-state index in [1.807, 2.05) is 6.07 Å². The van der Waals surface area contributed by atoms with Crippen molar-refractivity contribution in [2.75, 3.05) is 43.4 Å². The summed E-state index contributed by atoms with van der Waals surface area (Å²) in [5, 5.41) is 3.57. The van der Waals surface area contributed by atoms with Crippen LogP contribution in [0.5, 0.6) is 0 Å². The summed E-state index contributed by atoms with van der Waals surface area (Å²) < 4.78 is 28.2. The zero-order valence-corrected chi connectivity index (χ0v) is 20.8. The van der Waals surface area contributed by atoms with E-state index in [4.69, 9.17) is 16.6 Å². The summed E-state index contributed by atoms with van der Waals surface area (Å²) in [6.07, 6.45) is 1.59. The average molecular weight is 527 g/mol. The molecule has 0 unspecified atom stereocenters. The largest absolute Gasteiger partial charge is 0.345 e. The van der Waals surface area contributed by atoms with Gasteiger partial charge in [-0.3, -0.25) is 4.79 Å². The van der Waals surface area contributed by atoms with Gasteiger partial charge in [-0.1, -0.05) is 29.5 Å². The Morgan fingerprint density at radius 1 is 1.03 bits per heavy atom. The second-order valence-electron chi connectivity index (χ2n) is 8.31. The fraction of sp³-hybridized carbons (Fsp3) is 0.200. The Balaban J connectivity index is 1.51. The molecule has 4 aromatic rings. The van der Waals surface area contributed by atoms with Crippen LogP contribution in [0.15, 0.2) is 54.7 Å². The van der Waals surface area contributed by atoms with Crippen molar-refractivity contribution in [2.45, 2.75) is 0 Å². The van der Waals surface area contributed by atoms with Gasteiger partial charge in [0.1, 0.15) is 17.2 Å². The Morgan fingerprint density at radius 2 is 1.75 bits per heavy atom.